The highest BCUT2D eigenvalue weighted by Gasteiger charge is 2.02. The van der Waals surface area contributed by atoms with Gasteiger partial charge in [0.2, 0.25) is 0 Å². The first-order valence-corrected chi connectivity index (χ1v) is 4.05. The average molecular weight is 168 g/mol. The molecule has 3 rings (SSSR count). The number of benzene rings is 1. The summed E-state index contributed by atoms with van der Waals surface area (Å²) >= 11 is 0. The van der Waals surface area contributed by atoms with Crippen molar-refractivity contribution in [1.82, 2.24) is 15.0 Å². The van der Waals surface area contributed by atoms with Gasteiger partial charge in [0.15, 0.2) is 6.33 Å². The highest BCUT2D eigenvalue weighted by Crippen LogP contribution is 2.21. The summed E-state index contributed by atoms with van der Waals surface area (Å²) in [6, 6.07) is 8.05. The number of nitrogens with one attached hydrogen (secondary N) is 1. The van der Waals surface area contributed by atoms with Gasteiger partial charge < -0.3 is 4.98 Å². The Hall–Kier alpha value is -1.90. The third-order valence-corrected chi connectivity index (χ3v) is 2.12. The summed E-state index contributed by atoms with van der Waals surface area (Å²) in [5.41, 5.74) is 2.98. The Labute approximate surface area is 74.4 Å². The van der Waals surface area contributed by atoms with Crippen molar-refractivity contribution in [2.75, 3.05) is 0 Å². The molecule has 0 bridgehead atoms. The topological polar surface area (TPSA) is 41.6 Å². The van der Waals surface area contributed by atoms with Crippen LogP contribution < -0.4 is 0 Å². The SMILES string of the molecule is [c]1ncc2[nH]c3ccccc3c2n1. The number of H-pyrrole nitrogens is 1. The summed E-state index contributed by atoms with van der Waals surface area (Å²) in [6.07, 6.45) is 4.33. The van der Waals surface area contributed by atoms with E-state index in [9.17, 15) is 0 Å². The molecule has 3 aromatic rings. The average Bonchev–Trinajstić information content (AvgIpc) is 2.56. The summed E-state index contributed by atoms with van der Waals surface area (Å²) in [7, 11) is 0. The molecule has 0 aliphatic heterocycles. The van der Waals surface area contributed by atoms with Crippen LogP contribution in [0.5, 0.6) is 0 Å². The molecule has 0 unspecified atom stereocenters. The van der Waals surface area contributed by atoms with Crippen molar-refractivity contribution in [1.29, 1.82) is 0 Å². The zero-order valence-corrected chi connectivity index (χ0v) is 6.78. The number of aromatic amines is 1. The van der Waals surface area contributed by atoms with Gasteiger partial charge in [0, 0.05) is 10.9 Å². The molecule has 0 spiro atoms. The minimum absolute atomic E-state index is 0.936. The van der Waals surface area contributed by atoms with Crippen molar-refractivity contribution in [3.05, 3.63) is 36.8 Å². The maximum Gasteiger partial charge on any atom is 0.198 e. The van der Waals surface area contributed by atoms with Crippen LogP contribution in [0.25, 0.3) is 21.9 Å². The predicted molar refractivity (Wildman–Crippen MR) is 50.2 cm³/mol. The van der Waals surface area contributed by atoms with Gasteiger partial charge in [0.1, 0.15) is 5.52 Å². The van der Waals surface area contributed by atoms with Crippen LogP contribution in [0.2, 0.25) is 0 Å². The highest BCUT2D eigenvalue weighted by atomic mass is 14.9. The molecule has 0 saturated heterocycles. The largest absolute Gasteiger partial charge is 0.352 e. The van der Waals surface area contributed by atoms with Crippen LogP contribution in [-0.4, -0.2) is 15.0 Å². The van der Waals surface area contributed by atoms with Crippen LogP contribution in [0, 0.1) is 6.33 Å². The van der Waals surface area contributed by atoms with E-state index in [4.69, 9.17) is 0 Å². The summed E-state index contributed by atoms with van der Waals surface area (Å²) in [4.78, 5) is 11.2. The van der Waals surface area contributed by atoms with Crippen LogP contribution in [-0.2, 0) is 0 Å². The Kier molecular flexibility index (Phi) is 1.16. The van der Waals surface area contributed by atoms with Gasteiger partial charge >= 0.3 is 0 Å². The van der Waals surface area contributed by atoms with E-state index in [-0.39, 0.29) is 0 Å². The molecule has 0 amide bonds. The molecule has 3 heteroatoms. The van der Waals surface area contributed by atoms with Crippen LogP contribution >= 0.6 is 0 Å². The Bertz CT molecular complexity index is 518. The van der Waals surface area contributed by atoms with Crippen molar-refractivity contribution in [3.63, 3.8) is 0 Å². The van der Waals surface area contributed by atoms with Gasteiger partial charge in [-0.3, -0.25) is 0 Å². The second kappa shape index (κ2) is 2.29. The van der Waals surface area contributed by atoms with Gasteiger partial charge in [-0.2, -0.15) is 0 Å². The fraction of sp³-hybridized carbons (Fsp3) is 0. The van der Waals surface area contributed by atoms with Crippen molar-refractivity contribution < 1.29 is 0 Å². The zero-order valence-electron chi connectivity index (χ0n) is 6.78. The molecule has 0 aliphatic carbocycles. The first kappa shape index (κ1) is 6.60. The van der Waals surface area contributed by atoms with E-state index in [1.165, 1.54) is 0 Å². The number of nitrogens with zero attached hydrogens (tertiary/aromatic N) is 2. The number of fused-ring (bicyclic) bond motifs is 3. The van der Waals surface area contributed by atoms with Gasteiger partial charge in [-0.05, 0) is 6.07 Å². The molecule has 1 N–H and O–H groups in total. The van der Waals surface area contributed by atoms with Gasteiger partial charge in [-0.25, -0.2) is 9.97 Å². The normalized spacial score (nSPS) is 11.1. The van der Waals surface area contributed by atoms with Crippen molar-refractivity contribution in [2.45, 2.75) is 0 Å². The number of para-hydroxylation sites is 1. The monoisotopic (exact) mass is 168 g/mol. The maximum atomic E-state index is 4.10. The quantitative estimate of drug-likeness (QED) is 0.557. The molecule has 1 aromatic carbocycles. The fourth-order valence-electron chi connectivity index (χ4n) is 1.53. The highest BCUT2D eigenvalue weighted by molar-refractivity contribution is 6.04. The van der Waals surface area contributed by atoms with E-state index < -0.39 is 0 Å². The van der Waals surface area contributed by atoms with Crippen molar-refractivity contribution in [2.24, 2.45) is 0 Å². The molecule has 0 atom stereocenters. The van der Waals surface area contributed by atoms with Gasteiger partial charge in [0.05, 0.1) is 11.7 Å². The number of aromatic nitrogens is 3. The molecule has 3 nitrogen and oxygen atoms in total. The van der Waals surface area contributed by atoms with Crippen molar-refractivity contribution >= 4 is 21.9 Å². The Morgan fingerprint density at radius 1 is 1.15 bits per heavy atom. The predicted octanol–water partition coefficient (Wildman–Crippen LogP) is 1.91. The molecule has 13 heavy (non-hydrogen) atoms. The minimum Gasteiger partial charge on any atom is -0.352 e. The zero-order chi connectivity index (χ0) is 8.67. The van der Waals surface area contributed by atoms with Crippen LogP contribution in [0.1, 0.15) is 0 Å². The van der Waals surface area contributed by atoms with E-state index in [1.807, 2.05) is 24.3 Å². The number of hydrogen-bond acceptors (Lipinski definition) is 2. The molecule has 2 heterocycles. The minimum atomic E-state index is 0.936. The molecular formula is C10H6N3. The van der Waals surface area contributed by atoms with Crippen LogP contribution in [0.15, 0.2) is 30.5 Å². The van der Waals surface area contributed by atoms with Crippen LogP contribution in [0.4, 0.5) is 0 Å². The first-order chi connectivity index (χ1) is 6.45. The van der Waals surface area contributed by atoms with E-state index in [0.29, 0.717) is 0 Å². The fourth-order valence-corrected chi connectivity index (χ4v) is 1.53. The Morgan fingerprint density at radius 2 is 2.08 bits per heavy atom. The van der Waals surface area contributed by atoms with E-state index in [1.54, 1.807) is 6.20 Å². The molecule has 0 aliphatic rings. The van der Waals surface area contributed by atoms with E-state index in [2.05, 4.69) is 21.3 Å². The van der Waals surface area contributed by atoms with Crippen molar-refractivity contribution in [3.8, 4) is 0 Å². The van der Waals surface area contributed by atoms with E-state index in [0.717, 1.165) is 21.9 Å². The summed E-state index contributed by atoms with van der Waals surface area (Å²) in [5, 5.41) is 1.12. The number of rotatable bonds is 0. The Balaban J connectivity index is 2.64. The Morgan fingerprint density at radius 3 is 3.08 bits per heavy atom. The summed E-state index contributed by atoms with van der Waals surface area (Å²) < 4.78 is 0. The molecule has 2 aromatic heterocycles. The maximum absolute atomic E-state index is 4.10. The number of hydrogen-bond donors (Lipinski definition) is 1. The molecular weight excluding hydrogens is 162 g/mol. The van der Waals surface area contributed by atoms with Crippen LogP contribution in [0.3, 0.4) is 0 Å². The summed E-state index contributed by atoms with van der Waals surface area (Å²) in [5.74, 6) is 0. The standard InChI is InChI=1S/C10H6N3/c1-2-4-8-7(3-1)10-9(13-8)5-11-6-12-10/h1-5,13H. The lowest BCUT2D eigenvalue weighted by atomic mass is 10.2. The first-order valence-electron chi connectivity index (χ1n) is 4.05. The smallest absolute Gasteiger partial charge is 0.198 e. The summed E-state index contributed by atoms with van der Waals surface area (Å²) in [6.45, 7) is 0. The third kappa shape index (κ3) is 0.839. The molecule has 61 valence electrons. The third-order valence-electron chi connectivity index (χ3n) is 2.12. The van der Waals surface area contributed by atoms with Gasteiger partial charge in [-0.15, -0.1) is 0 Å². The second-order valence-electron chi connectivity index (χ2n) is 2.90. The lowest BCUT2D eigenvalue weighted by Crippen LogP contribution is -1.76. The molecule has 1 radical (unpaired) electrons. The molecule has 0 fully saturated rings. The van der Waals surface area contributed by atoms with Gasteiger partial charge in [0.25, 0.3) is 0 Å². The lowest BCUT2D eigenvalue weighted by molar-refractivity contribution is 1.20. The molecule has 0 saturated carbocycles. The van der Waals surface area contributed by atoms with E-state index >= 15 is 0 Å². The van der Waals surface area contributed by atoms with Gasteiger partial charge in [-0.1, -0.05) is 18.2 Å². The lowest BCUT2D eigenvalue weighted by Gasteiger charge is -1.85. The second-order valence-corrected chi connectivity index (χ2v) is 2.90.